The van der Waals surface area contributed by atoms with Crippen LogP contribution in [0, 0.1) is 0 Å². The van der Waals surface area contributed by atoms with Gasteiger partial charge in [-0.25, -0.2) is 0 Å². The van der Waals surface area contributed by atoms with E-state index >= 15 is 0 Å². The maximum atomic E-state index is 12.2. The van der Waals surface area contributed by atoms with Crippen molar-refractivity contribution in [2.24, 2.45) is 0 Å². The molecule has 4 rings (SSSR count). The number of fused-ring (bicyclic) bond motifs is 1. The Labute approximate surface area is 171 Å². The van der Waals surface area contributed by atoms with Crippen molar-refractivity contribution >= 4 is 11.6 Å². The Morgan fingerprint density at radius 2 is 1.90 bits per heavy atom. The molecular weight excluding hydrogens is 368 g/mol. The van der Waals surface area contributed by atoms with E-state index in [1.54, 1.807) is 0 Å². The third kappa shape index (κ3) is 4.82. The van der Waals surface area contributed by atoms with E-state index in [1.807, 2.05) is 44.2 Å². The molecule has 0 aliphatic carbocycles. The molecule has 2 aliphatic rings. The van der Waals surface area contributed by atoms with Crippen molar-refractivity contribution in [2.75, 3.05) is 37.8 Å². The third-order valence-corrected chi connectivity index (χ3v) is 5.22. The van der Waals surface area contributed by atoms with Crippen molar-refractivity contribution in [3.63, 3.8) is 0 Å². The number of nitrogens with one attached hydrogen (secondary N) is 1. The molecule has 2 aromatic rings. The summed E-state index contributed by atoms with van der Waals surface area (Å²) < 4.78 is 17.1. The molecule has 0 aromatic heterocycles. The van der Waals surface area contributed by atoms with Crippen LogP contribution in [0.3, 0.4) is 0 Å². The van der Waals surface area contributed by atoms with Gasteiger partial charge >= 0.3 is 0 Å². The average molecular weight is 396 g/mol. The third-order valence-electron chi connectivity index (χ3n) is 5.22. The van der Waals surface area contributed by atoms with Crippen LogP contribution in [0.25, 0.3) is 0 Å². The van der Waals surface area contributed by atoms with Gasteiger partial charge < -0.3 is 24.4 Å². The van der Waals surface area contributed by atoms with Crippen molar-refractivity contribution in [3.05, 3.63) is 53.6 Å². The molecule has 0 saturated carbocycles. The maximum absolute atomic E-state index is 12.2. The van der Waals surface area contributed by atoms with E-state index in [2.05, 4.69) is 22.3 Å². The summed E-state index contributed by atoms with van der Waals surface area (Å²) >= 11 is 0. The van der Waals surface area contributed by atoms with Gasteiger partial charge in [-0.15, -0.1) is 0 Å². The van der Waals surface area contributed by atoms with Gasteiger partial charge in [-0.3, -0.25) is 4.79 Å². The number of ether oxygens (including phenoxy) is 3. The fourth-order valence-electron chi connectivity index (χ4n) is 3.74. The monoisotopic (exact) mass is 396 g/mol. The second kappa shape index (κ2) is 8.33. The zero-order valence-electron chi connectivity index (χ0n) is 17.1. The van der Waals surface area contributed by atoms with E-state index in [-0.39, 0.29) is 18.1 Å². The standard InChI is InChI=1S/C23H28N2O4/c1-23(2)14-18-4-3-5-20(22(18)29-23)28-16-21(26)24-15-17-6-8-19(9-7-17)25-10-12-27-13-11-25/h3-9H,10-16H2,1-2H3,(H,24,26). The van der Waals surface area contributed by atoms with Gasteiger partial charge in [0.2, 0.25) is 0 Å². The van der Waals surface area contributed by atoms with Crippen LogP contribution in [-0.2, 0) is 22.5 Å². The number of para-hydroxylation sites is 1. The minimum Gasteiger partial charge on any atom is -0.483 e. The SMILES string of the molecule is CC1(C)Cc2cccc(OCC(=O)NCc3ccc(N4CCOCC4)cc3)c2O1. The number of hydrogen-bond acceptors (Lipinski definition) is 5. The number of anilines is 1. The lowest BCUT2D eigenvalue weighted by atomic mass is 10.0. The summed E-state index contributed by atoms with van der Waals surface area (Å²) in [6.45, 7) is 7.90. The molecule has 2 heterocycles. The first kappa shape index (κ1) is 19.6. The summed E-state index contributed by atoms with van der Waals surface area (Å²) in [5.74, 6) is 1.22. The van der Waals surface area contributed by atoms with Crippen LogP contribution in [0.2, 0.25) is 0 Å². The van der Waals surface area contributed by atoms with Crippen LogP contribution in [0.15, 0.2) is 42.5 Å². The van der Waals surface area contributed by atoms with Gasteiger partial charge in [-0.05, 0) is 37.6 Å². The molecule has 2 aliphatic heterocycles. The van der Waals surface area contributed by atoms with Crippen LogP contribution in [-0.4, -0.2) is 44.4 Å². The molecule has 1 amide bonds. The zero-order chi connectivity index (χ0) is 20.3. The average Bonchev–Trinajstić information content (AvgIpc) is 3.06. The predicted octanol–water partition coefficient (Wildman–Crippen LogP) is 2.93. The molecular formula is C23H28N2O4. The quantitative estimate of drug-likeness (QED) is 0.814. The Hall–Kier alpha value is -2.73. The van der Waals surface area contributed by atoms with Crippen LogP contribution in [0.4, 0.5) is 5.69 Å². The molecule has 2 aromatic carbocycles. The second-order valence-electron chi connectivity index (χ2n) is 8.11. The number of morpholine rings is 1. The van der Waals surface area contributed by atoms with E-state index in [9.17, 15) is 4.79 Å². The highest BCUT2D eigenvalue weighted by atomic mass is 16.5. The van der Waals surface area contributed by atoms with Crippen molar-refractivity contribution in [3.8, 4) is 11.5 Å². The van der Waals surface area contributed by atoms with E-state index in [0.717, 1.165) is 49.6 Å². The lowest BCUT2D eigenvalue weighted by Gasteiger charge is -2.28. The summed E-state index contributed by atoms with van der Waals surface area (Å²) in [6.07, 6.45) is 0.839. The van der Waals surface area contributed by atoms with Crippen LogP contribution >= 0.6 is 0 Å². The van der Waals surface area contributed by atoms with E-state index < -0.39 is 0 Å². The number of nitrogens with zero attached hydrogens (tertiary/aromatic N) is 1. The lowest BCUT2D eigenvalue weighted by molar-refractivity contribution is -0.123. The Bertz CT molecular complexity index is 858. The van der Waals surface area contributed by atoms with Gasteiger partial charge in [0.05, 0.1) is 13.2 Å². The summed E-state index contributed by atoms with van der Waals surface area (Å²) in [5, 5.41) is 2.91. The first-order valence-corrected chi connectivity index (χ1v) is 10.1. The highest BCUT2D eigenvalue weighted by molar-refractivity contribution is 5.77. The Kier molecular flexibility index (Phi) is 5.62. The number of carbonyl (C=O) groups excluding carboxylic acids is 1. The summed E-state index contributed by atoms with van der Waals surface area (Å²) in [5.41, 5.74) is 3.12. The second-order valence-corrected chi connectivity index (χ2v) is 8.11. The van der Waals surface area contributed by atoms with Crippen molar-refractivity contribution in [2.45, 2.75) is 32.4 Å². The Balaban J connectivity index is 1.26. The molecule has 0 spiro atoms. The largest absolute Gasteiger partial charge is 0.483 e. The van der Waals surface area contributed by atoms with Gasteiger partial charge in [0, 0.05) is 37.3 Å². The molecule has 6 heteroatoms. The molecule has 29 heavy (non-hydrogen) atoms. The summed E-state index contributed by atoms with van der Waals surface area (Å²) in [7, 11) is 0. The Morgan fingerprint density at radius 3 is 2.66 bits per heavy atom. The smallest absolute Gasteiger partial charge is 0.258 e. The summed E-state index contributed by atoms with van der Waals surface area (Å²) in [4.78, 5) is 14.5. The number of benzene rings is 2. The van der Waals surface area contributed by atoms with Crippen molar-refractivity contribution < 1.29 is 19.0 Å². The minimum atomic E-state index is -0.239. The van der Waals surface area contributed by atoms with Gasteiger partial charge in [-0.1, -0.05) is 24.3 Å². The van der Waals surface area contributed by atoms with Gasteiger partial charge in [0.1, 0.15) is 5.60 Å². The Morgan fingerprint density at radius 1 is 1.14 bits per heavy atom. The van der Waals surface area contributed by atoms with Crippen LogP contribution in [0.5, 0.6) is 11.5 Å². The molecule has 1 fully saturated rings. The zero-order valence-corrected chi connectivity index (χ0v) is 17.1. The normalized spacial score (nSPS) is 17.4. The fourth-order valence-corrected chi connectivity index (χ4v) is 3.74. The van der Waals surface area contributed by atoms with E-state index in [0.29, 0.717) is 12.3 Å². The molecule has 1 saturated heterocycles. The predicted molar refractivity (Wildman–Crippen MR) is 112 cm³/mol. The molecule has 0 bridgehead atoms. The van der Waals surface area contributed by atoms with Gasteiger partial charge in [0.25, 0.3) is 5.91 Å². The maximum Gasteiger partial charge on any atom is 0.258 e. The van der Waals surface area contributed by atoms with E-state index in [4.69, 9.17) is 14.2 Å². The number of carbonyl (C=O) groups is 1. The number of rotatable bonds is 6. The first-order chi connectivity index (χ1) is 14.0. The number of hydrogen-bond donors (Lipinski definition) is 1. The van der Waals surface area contributed by atoms with Gasteiger partial charge in [-0.2, -0.15) is 0 Å². The highest BCUT2D eigenvalue weighted by Crippen LogP contribution is 2.41. The lowest BCUT2D eigenvalue weighted by Crippen LogP contribution is -2.36. The topological polar surface area (TPSA) is 60.0 Å². The summed E-state index contributed by atoms with van der Waals surface area (Å²) in [6, 6.07) is 14.1. The minimum absolute atomic E-state index is 0.0356. The molecule has 154 valence electrons. The van der Waals surface area contributed by atoms with E-state index in [1.165, 1.54) is 5.69 Å². The number of amides is 1. The highest BCUT2D eigenvalue weighted by Gasteiger charge is 2.32. The molecule has 0 atom stereocenters. The molecule has 6 nitrogen and oxygen atoms in total. The van der Waals surface area contributed by atoms with Crippen LogP contribution < -0.4 is 19.7 Å². The van der Waals surface area contributed by atoms with Crippen LogP contribution in [0.1, 0.15) is 25.0 Å². The molecule has 1 N–H and O–H groups in total. The van der Waals surface area contributed by atoms with Crippen molar-refractivity contribution in [1.29, 1.82) is 0 Å². The fraction of sp³-hybridized carbons (Fsp3) is 0.435. The molecule has 0 unspecified atom stereocenters. The van der Waals surface area contributed by atoms with Crippen molar-refractivity contribution in [1.82, 2.24) is 5.32 Å². The van der Waals surface area contributed by atoms with Gasteiger partial charge in [0.15, 0.2) is 18.1 Å². The molecule has 0 radical (unpaired) electrons. The first-order valence-electron chi connectivity index (χ1n) is 10.1.